The molecule has 1 rings (SSSR count). The molecule has 1 aliphatic heterocycles. The predicted octanol–water partition coefficient (Wildman–Crippen LogP) is 1.39. The maximum Gasteiger partial charge on any atom is 0.157 e. The summed E-state index contributed by atoms with van der Waals surface area (Å²) in [6.45, 7) is 6.26. The molecule has 2 nitrogen and oxygen atoms in total. The summed E-state index contributed by atoms with van der Waals surface area (Å²) in [5.74, 6) is 0.796. The summed E-state index contributed by atoms with van der Waals surface area (Å²) in [7, 11) is 0. The summed E-state index contributed by atoms with van der Waals surface area (Å²) >= 11 is 0. The normalized spacial score (nSPS) is 48.0. The average molecular weight is 144 g/mol. The second-order valence-corrected chi connectivity index (χ2v) is 3.19. The molecule has 0 spiro atoms. The van der Waals surface area contributed by atoms with Gasteiger partial charge in [0.05, 0.1) is 6.10 Å². The first kappa shape index (κ1) is 8.02. The van der Waals surface area contributed by atoms with Crippen LogP contribution in [-0.2, 0) is 4.74 Å². The van der Waals surface area contributed by atoms with E-state index in [0.717, 1.165) is 6.42 Å². The predicted molar refractivity (Wildman–Crippen MR) is 39.5 cm³/mol. The van der Waals surface area contributed by atoms with Crippen LogP contribution in [0.3, 0.4) is 0 Å². The van der Waals surface area contributed by atoms with Gasteiger partial charge < -0.3 is 9.84 Å². The van der Waals surface area contributed by atoms with Crippen LogP contribution < -0.4 is 0 Å². The van der Waals surface area contributed by atoms with Crippen molar-refractivity contribution in [3.63, 3.8) is 0 Å². The molecule has 0 saturated carbocycles. The molecule has 10 heavy (non-hydrogen) atoms. The molecule has 1 heterocycles. The molecule has 0 amide bonds. The third kappa shape index (κ3) is 1.18. The number of hydrogen-bond donors (Lipinski definition) is 1. The van der Waals surface area contributed by atoms with Crippen molar-refractivity contribution in [3.05, 3.63) is 0 Å². The fraction of sp³-hybridized carbons (Fsp3) is 1.00. The third-order valence-electron chi connectivity index (χ3n) is 2.58. The third-order valence-corrected chi connectivity index (χ3v) is 2.58. The molecule has 60 valence electrons. The summed E-state index contributed by atoms with van der Waals surface area (Å²) in [6.07, 6.45) is 0.743. The van der Waals surface area contributed by atoms with E-state index in [9.17, 15) is 5.11 Å². The van der Waals surface area contributed by atoms with Crippen molar-refractivity contribution in [1.82, 2.24) is 0 Å². The fourth-order valence-corrected chi connectivity index (χ4v) is 1.49. The minimum atomic E-state index is -0.528. The molecule has 1 N–H and O–H groups in total. The molecular weight excluding hydrogens is 128 g/mol. The van der Waals surface area contributed by atoms with Gasteiger partial charge in [0.2, 0.25) is 0 Å². The molecule has 2 unspecified atom stereocenters. The lowest BCUT2D eigenvalue weighted by Crippen LogP contribution is -2.15. The number of ether oxygens (including phenoxy) is 1. The Morgan fingerprint density at radius 3 is 2.10 bits per heavy atom. The summed E-state index contributed by atoms with van der Waals surface area (Å²) in [4.78, 5) is 0. The van der Waals surface area contributed by atoms with Crippen LogP contribution in [0.4, 0.5) is 0 Å². The van der Waals surface area contributed by atoms with Crippen molar-refractivity contribution in [2.75, 3.05) is 0 Å². The van der Waals surface area contributed by atoms with Gasteiger partial charge in [-0.15, -0.1) is 0 Å². The second-order valence-electron chi connectivity index (χ2n) is 3.19. The number of hydrogen-bond acceptors (Lipinski definition) is 2. The van der Waals surface area contributed by atoms with Crippen LogP contribution in [0.15, 0.2) is 0 Å². The quantitative estimate of drug-likeness (QED) is 0.602. The van der Waals surface area contributed by atoms with E-state index in [1.165, 1.54) is 0 Å². The van der Waals surface area contributed by atoms with Gasteiger partial charge in [-0.05, 0) is 12.3 Å². The summed E-state index contributed by atoms with van der Waals surface area (Å²) in [5.41, 5.74) is 0. The number of aliphatic hydroxyl groups excluding tert-OH is 1. The van der Waals surface area contributed by atoms with E-state index < -0.39 is 6.29 Å². The monoisotopic (exact) mass is 144 g/mol. The van der Waals surface area contributed by atoms with Crippen molar-refractivity contribution in [3.8, 4) is 0 Å². The molecule has 0 radical (unpaired) electrons. The largest absolute Gasteiger partial charge is 0.368 e. The van der Waals surface area contributed by atoms with Crippen LogP contribution in [0.1, 0.15) is 27.2 Å². The molecular formula is C8H16O2. The van der Waals surface area contributed by atoms with E-state index in [1.807, 2.05) is 6.92 Å². The summed E-state index contributed by atoms with van der Waals surface area (Å²) in [5, 5.41) is 9.25. The van der Waals surface area contributed by atoms with Gasteiger partial charge in [0.15, 0.2) is 6.29 Å². The van der Waals surface area contributed by atoms with Crippen LogP contribution in [0, 0.1) is 11.8 Å². The minimum absolute atomic E-state index is 0.269. The first-order valence-electron chi connectivity index (χ1n) is 4.00. The molecule has 0 bridgehead atoms. The molecule has 4 atom stereocenters. The minimum Gasteiger partial charge on any atom is -0.368 e. The topological polar surface area (TPSA) is 29.5 Å². The molecule has 0 aliphatic carbocycles. The molecule has 1 fully saturated rings. The van der Waals surface area contributed by atoms with E-state index in [-0.39, 0.29) is 6.10 Å². The van der Waals surface area contributed by atoms with Crippen LogP contribution in [0.2, 0.25) is 0 Å². The molecule has 0 aromatic heterocycles. The van der Waals surface area contributed by atoms with E-state index in [0.29, 0.717) is 11.8 Å². The van der Waals surface area contributed by atoms with Gasteiger partial charge in [0.25, 0.3) is 0 Å². The van der Waals surface area contributed by atoms with E-state index in [1.54, 1.807) is 0 Å². The highest BCUT2D eigenvalue weighted by atomic mass is 16.6. The second kappa shape index (κ2) is 2.89. The lowest BCUT2D eigenvalue weighted by Gasteiger charge is -2.12. The van der Waals surface area contributed by atoms with Gasteiger partial charge in [0, 0.05) is 5.92 Å². The zero-order valence-corrected chi connectivity index (χ0v) is 6.87. The van der Waals surface area contributed by atoms with E-state index in [4.69, 9.17) is 4.74 Å². The molecule has 0 aromatic rings. The molecule has 2 heteroatoms. The Balaban J connectivity index is 2.53. The Kier molecular flexibility index (Phi) is 2.32. The number of rotatable bonds is 1. The van der Waals surface area contributed by atoms with Gasteiger partial charge in [-0.25, -0.2) is 0 Å². The Hall–Kier alpha value is -0.0800. The van der Waals surface area contributed by atoms with Crippen molar-refractivity contribution in [2.45, 2.75) is 39.6 Å². The summed E-state index contributed by atoms with van der Waals surface area (Å²) in [6, 6.07) is 0. The highest BCUT2D eigenvalue weighted by Crippen LogP contribution is 2.31. The molecule has 1 saturated heterocycles. The summed E-state index contributed by atoms with van der Waals surface area (Å²) < 4.78 is 5.29. The Morgan fingerprint density at radius 2 is 1.90 bits per heavy atom. The molecule has 1 aliphatic rings. The fourth-order valence-electron chi connectivity index (χ4n) is 1.49. The van der Waals surface area contributed by atoms with Crippen LogP contribution in [-0.4, -0.2) is 17.5 Å². The average Bonchev–Trinajstić information content (AvgIpc) is 2.17. The zero-order chi connectivity index (χ0) is 7.72. The van der Waals surface area contributed by atoms with Crippen molar-refractivity contribution in [2.24, 2.45) is 11.8 Å². The zero-order valence-electron chi connectivity index (χ0n) is 6.87. The smallest absolute Gasteiger partial charge is 0.157 e. The SMILES string of the molecule is CC[C@H]1OC(O)C(C)[C@@H]1C. The van der Waals surface area contributed by atoms with Crippen molar-refractivity contribution < 1.29 is 9.84 Å². The maximum atomic E-state index is 9.25. The van der Waals surface area contributed by atoms with Crippen LogP contribution in [0.5, 0.6) is 0 Å². The standard InChI is InChI=1S/C8H16O2/c1-4-7-5(2)6(3)8(9)10-7/h5-9H,4H2,1-3H3/t5-,6?,7+,8?/m0/s1. The van der Waals surface area contributed by atoms with Gasteiger partial charge in [-0.1, -0.05) is 20.8 Å². The number of aliphatic hydroxyl groups is 1. The first-order chi connectivity index (χ1) is 4.66. The van der Waals surface area contributed by atoms with Gasteiger partial charge in [-0.2, -0.15) is 0 Å². The van der Waals surface area contributed by atoms with Crippen molar-refractivity contribution in [1.29, 1.82) is 0 Å². The Bertz CT molecular complexity index is 114. The molecule has 0 aromatic carbocycles. The highest BCUT2D eigenvalue weighted by molar-refractivity contribution is 4.79. The van der Waals surface area contributed by atoms with E-state index in [2.05, 4.69) is 13.8 Å². The van der Waals surface area contributed by atoms with Gasteiger partial charge in [0.1, 0.15) is 0 Å². The van der Waals surface area contributed by atoms with Crippen LogP contribution in [0.25, 0.3) is 0 Å². The maximum absolute atomic E-state index is 9.25. The lowest BCUT2D eigenvalue weighted by molar-refractivity contribution is -0.106. The van der Waals surface area contributed by atoms with Crippen molar-refractivity contribution >= 4 is 0 Å². The van der Waals surface area contributed by atoms with Gasteiger partial charge >= 0.3 is 0 Å². The van der Waals surface area contributed by atoms with Gasteiger partial charge in [-0.3, -0.25) is 0 Å². The lowest BCUT2D eigenvalue weighted by atomic mass is 9.92. The Labute approximate surface area is 62.2 Å². The Morgan fingerprint density at radius 1 is 1.30 bits per heavy atom. The van der Waals surface area contributed by atoms with Crippen LogP contribution >= 0.6 is 0 Å². The first-order valence-corrected chi connectivity index (χ1v) is 4.00. The highest BCUT2D eigenvalue weighted by Gasteiger charge is 2.36. The van der Waals surface area contributed by atoms with E-state index >= 15 is 0 Å².